The van der Waals surface area contributed by atoms with E-state index in [1.807, 2.05) is 89.9 Å². The van der Waals surface area contributed by atoms with Crippen molar-refractivity contribution in [1.29, 1.82) is 0 Å². The molecule has 0 saturated heterocycles. The summed E-state index contributed by atoms with van der Waals surface area (Å²) in [5.41, 5.74) is 4.21. The van der Waals surface area contributed by atoms with Crippen molar-refractivity contribution < 1.29 is 9.47 Å². The van der Waals surface area contributed by atoms with E-state index in [4.69, 9.17) is 21.1 Å². The summed E-state index contributed by atoms with van der Waals surface area (Å²) in [4.78, 5) is 6.74. The molecule has 0 fully saturated rings. The highest BCUT2D eigenvalue weighted by Crippen LogP contribution is 2.23. The predicted molar refractivity (Wildman–Crippen MR) is 138 cm³/mol. The number of benzene rings is 3. The Hall–Kier alpha value is -3.28. The summed E-state index contributed by atoms with van der Waals surface area (Å²) in [5, 5.41) is 0.750. The van der Waals surface area contributed by atoms with Crippen LogP contribution in [0.5, 0.6) is 11.5 Å². The first-order chi connectivity index (χ1) is 16.6. The molecule has 0 saturated carbocycles. The fraction of sp³-hybridized carbons (Fsp3) is 0.250. The molecular weight excluding hydrogens is 446 g/mol. The van der Waals surface area contributed by atoms with Gasteiger partial charge in [-0.1, -0.05) is 23.7 Å². The molecule has 4 aromatic rings. The minimum atomic E-state index is 0.616. The van der Waals surface area contributed by atoms with Crippen molar-refractivity contribution in [2.45, 2.75) is 12.8 Å². The lowest BCUT2D eigenvalue weighted by Crippen LogP contribution is -2.15. The number of hydrogen-bond donors (Lipinski definition) is 0. The van der Waals surface area contributed by atoms with Crippen LogP contribution in [-0.2, 0) is 6.42 Å². The van der Waals surface area contributed by atoms with Crippen molar-refractivity contribution >= 4 is 11.6 Å². The molecule has 0 bridgehead atoms. The lowest BCUT2D eigenvalue weighted by Gasteiger charge is -2.10. The van der Waals surface area contributed by atoms with Gasteiger partial charge in [-0.05, 0) is 86.7 Å². The predicted octanol–water partition coefficient (Wildman–Crippen LogP) is 6.14. The fourth-order valence-corrected chi connectivity index (χ4v) is 3.68. The van der Waals surface area contributed by atoms with Gasteiger partial charge in [0.1, 0.15) is 11.5 Å². The molecule has 5 nitrogen and oxygen atoms in total. The third-order valence-electron chi connectivity index (χ3n) is 5.46. The molecule has 0 aliphatic rings. The SMILES string of the molecule is CN(C)CCCOc1ccc(-n2cnc(-c3ccc(OCCc4ccc(Cl)cc4)cc3)c2)cc1. The molecule has 0 radical (unpaired) electrons. The molecular formula is C28H30ClN3O2. The van der Waals surface area contributed by atoms with Crippen LogP contribution in [0, 0.1) is 0 Å². The first-order valence-electron chi connectivity index (χ1n) is 11.5. The van der Waals surface area contributed by atoms with Gasteiger partial charge in [-0.25, -0.2) is 4.98 Å². The van der Waals surface area contributed by atoms with Crippen LogP contribution in [0.1, 0.15) is 12.0 Å². The van der Waals surface area contributed by atoms with Gasteiger partial charge in [0.25, 0.3) is 0 Å². The Morgan fingerprint density at radius 2 is 1.47 bits per heavy atom. The van der Waals surface area contributed by atoms with Gasteiger partial charge >= 0.3 is 0 Å². The number of nitrogens with zero attached hydrogens (tertiary/aromatic N) is 3. The van der Waals surface area contributed by atoms with Crippen molar-refractivity contribution in [2.75, 3.05) is 33.9 Å². The van der Waals surface area contributed by atoms with Gasteiger partial charge in [0.15, 0.2) is 0 Å². The van der Waals surface area contributed by atoms with E-state index >= 15 is 0 Å². The summed E-state index contributed by atoms with van der Waals surface area (Å²) in [6.45, 7) is 2.35. The minimum absolute atomic E-state index is 0.616. The number of hydrogen-bond acceptors (Lipinski definition) is 4. The molecule has 0 N–H and O–H groups in total. The van der Waals surface area contributed by atoms with E-state index in [0.717, 1.165) is 52.9 Å². The van der Waals surface area contributed by atoms with E-state index in [-0.39, 0.29) is 0 Å². The molecule has 0 atom stereocenters. The summed E-state index contributed by atoms with van der Waals surface area (Å²) < 4.78 is 13.7. The molecule has 0 aliphatic heterocycles. The van der Waals surface area contributed by atoms with Crippen LogP contribution >= 0.6 is 11.6 Å². The second-order valence-corrected chi connectivity index (χ2v) is 8.85. The molecule has 4 rings (SSSR count). The summed E-state index contributed by atoms with van der Waals surface area (Å²) in [7, 11) is 4.14. The molecule has 1 aromatic heterocycles. The lowest BCUT2D eigenvalue weighted by atomic mass is 10.1. The summed E-state index contributed by atoms with van der Waals surface area (Å²) in [5.74, 6) is 1.73. The number of ether oxygens (including phenoxy) is 2. The normalized spacial score (nSPS) is 11.1. The standard InChI is InChI=1S/C28H30ClN3O2/c1-31(2)17-3-18-33-27-14-10-25(11-15-27)32-20-28(30-21-32)23-6-12-26(13-7-23)34-19-16-22-4-8-24(29)9-5-22/h4-15,20-21H,3,16-19H2,1-2H3. The number of halogens is 1. The lowest BCUT2D eigenvalue weighted by molar-refractivity contribution is 0.281. The Morgan fingerprint density at radius 1 is 0.824 bits per heavy atom. The van der Waals surface area contributed by atoms with Gasteiger partial charge in [-0.2, -0.15) is 0 Å². The second-order valence-electron chi connectivity index (χ2n) is 8.41. The Morgan fingerprint density at radius 3 is 2.15 bits per heavy atom. The first-order valence-corrected chi connectivity index (χ1v) is 11.8. The van der Waals surface area contributed by atoms with Crippen LogP contribution in [-0.4, -0.2) is 48.3 Å². The highest BCUT2D eigenvalue weighted by molar-refractivity contribution is 6.30. The number of imidazole rings is 1. The Kier molecular flexibility index (Phi) is 8.23. The van der Waals surface area contributed by atoms with Crippen LogP contribution in [0.2, 0.25) is 5.02 Å². The van der Waals surface area contributed by atoms with E-state index in [1.165, 1.54) is 5.56 Å². The number of aromatic nitrogens is 2. The monoisotopic (exact) mass is 475 g/mol. The molecule has 1 heterocycles. The minimum Gasteiger partial charge on any atom is -0.494 e. The quantitative estimate of drug-likeness (QED) is 0.244. The average molecular weight is 476 g/mol. The van der Waals surface area contributed by atoms with Crippen molar-refractivity contribution in [3.8, 4) is 28.4 Å². The summed E-state index contributed by atoms with van der Waals surface area (Å²) >= 11 is 5.93. The van der Waals surface area contributed by atoms with Gasteiger partial charge in [-0.15, -0.1) is 0 Å². The molecule has 34 heavy (non-hydrogen) atoms. The van der Waals surface area contributed by atoms with E-state index in [2.05, 4.69) is 24.0 Å². The van der Waals surface area contributed by atoms with Crippen molar-refractivity contribution in [3.05, 3.63) is 95.9 Å². The molecule has 0 amide bonds. The zero-order valence-electron chi connectivity index (χ0n) is 19.7. The van der Waals surface area contributed by atoms with E-state index in [1.54, 1.807) is 0 Å². The number of rotatable bonds is 11. The smallest absolute Gasteiger partial charge is 0.119 e. The van der Waals surface area contributed by atoms with Crippen molar-refractivity contribution in [2.24, 2.45) is 0 Å². The fourth-order valence-electron chi connectivity index (χ4n) is 3.56. The molecule has 3 aromatic carbocycles. The third-order valence-corrected chi connectivity index (χ3v) is 5.71. The zero-order chi connectivity index (χ0) is 23.8. The zero-order valence-corrected chi connectivity index (χ0v) is 20.4. The van der Waals surface area contributed by atoms with Crippen LogP contribution in [0.4, 0.5) is 0 Å². The Bertz CT molecular complexity index is 1150. The maximum atomic E-state index is 5.93. The van der Waals surface area contributed by atoms with Gasteiger partial charge < -0.3 is 18.9 Å². The Labute approximate surface area is 206 Å². The van der Waals surface area contributed by atoms with E-state index in [0.29, 0.717) is 13.2 Å². The van der Waals surface area contributed by atoms with Crippen LogP contribution in [0.25, 0.3) is 16.9 Å². The van der Waals surface area contributed by atoms with Crippen molar-refractivity contribution in [1.82, 2.24) is 14.5 Å². The van der Waals surface area contributed by atoms with Gasteiger partial charge in [-0.3, -0.25) is 0 Å². The molecule has 0 aliphatic carbocycles. The molecule has 0 spiro atoms. The largest absolute Gasteiger partial charge is 0.494 e. The highest BCUT2D eigenvalue weighted by Gasteiger charge is 2.05. The van der Waals surface area contributed by atoms with Crippen LogP contribution in [0.15, 0.2) is 85.3 Å². The van der Waals surface area contributed by atoms with Gasteiger partial charge in [0, 0.05) is 35.4 Å². The molecule has 0 unspecified atom stereocenters. The topological polar surface area (TPSA) is 39.5 Å². The Balaban J connectivity index is 1.29. The molecule has 176 valence electrons. The highest BCUT2D eigenvalue weighted by atomic mass is 35.5. The van der Waals surface area contributed by atoms with E-state index < -0.39 is 0 Å². The second kappa shape index (κ2) is 11.7. The van der Waals surface area contributed by atoms with Crippen LogP contribution < -0.4 is 9.47 Å². The van der Waals surface area contributed by atoms with Crippen molar-refractivity contribution in [3.63, 3.8) is 0 Å². The van der Waals surface area contributed by atoms with Gasteiger partial charge in [0.2, 0.25) is 0 Å². The maximum absolute atomic E-state index is 5.93. The maximum Gasteiger partial charge on any atom is 0.119 e. The van der Waals surface area contributed by atoms with Crippen LogP contribution in [0.3, 0.4) is 0 Å². The molecule has 6 heteroatoms. The summed E-state index contributed by atoms with van der Waals surface area (Å²) in [6.07, 6.45) is 5.71. The third kappa shape index (κ3) is 6.86. The van der Waals surface area contributed by atoms with Gasteiger partial charge in [0.05, 0.1) is 25.2 Å². The average Bonchev–Trinajstić information content (AvgIpc) is 3.34. The van der Waals surface area contributed by atoms with E-state index in [9.17, 15) is 0 Å². The summed E-state index contributed by atoms with van der Waals surface area (Å²) in [6, 6.07) is 24.0. The first kappa shape index (κ1) is 23.9.